The molecular weight excluding hydrogens is 280 g/mol. The molecule has 1 saturated carbocycles. The highest BCUT2D eigenvalue weighted by molar-refractivity contribution is 9.10. The van der Waals surface area contributed by atoms with E-state index in [4.69, 9.17) is 5.73 Å². The van der Waals surface area contributed by atoms with Gasteiger partial charge in [0.05, 0.1) is 6.10 Å². The Hall–Kier alpha value is -0.580. The van der Waals surface area contributed by atoms with Gasteiger partial charge >= 0.3 is 0 Å². The molecule has 0 atom stereocenters. The van der Waals surface area contributed by atoms with Crippen molar-refractivity contribution >= 4 is 21.6 Å². The quantitative estimate of drug-likeness (QED) is 0.838. The highest BCUT2D eigenvalue weighted by Crippen LogP contribution is 2.28. The van der Waals surface area contributed by atoms with Crippen molar-refractivity contribution in [1.29, 1.82) is 0 Å². The number of anilines is 1. The smallest absolute Gasteiger partial charge is 0.0546 e. The van der Waals surface area contributed by atoms with Crippen molar-refractivity contribution < 1.29 is 5.11 Å². The Labute approximate surface area is 111 Å². The summed E-state index contributed by atoms with van der Waals surface area (Å²) in [6.45, 7) is 1.90. The number of rotatable bonds is 4. The van der Waals surface area contributed by atoms with Crippen molar-refractivity contribution in [1.82, 2.24) is 4.90 Å². The predicted octanol–water partition coefficient (Wildman–Crippen LogP) is 2.23. The van der Waals surface area contributed by atoms with Crippen LogP contribution in [0.15, 0.2) is 22.7 Å². The van der Waals surface area contributed by atoms with Crippen molar-refractivity contribution in [3.05, 3.63) is 28.2 Å². The summed E-state index contributed by atoms with van der Waals surface area (Å²) in [5.74, 6) is 0.645. The lowest BCUT2D eigenvalue weighted by atomic mass is 9.82. The fourth-order valence-electron chi connectivity index (χ4n) is 2.36. The fourth-order valence-corrected chi connectivity index (χ4v) is 2.73. The molecule has 4 heteroatoms. The molecule has 1 fully saturated rings. The molecule has 94 valence electrons. The monoisotopic (exact) mass is 298 g/mol. The first-order chi connectivity index (χ1) is 8.04. The van der Waals surface area contributed by atoms with E-state index in [1.807, 2.05) is 12.1 Å². The van der Waals surface area contributed by atoms with Crippen molar-refractivity contribution in [2.45, 2.75) is 25.5 Å². The van der Waals surface area contributed by atoms with Gasteiger partial charge < -0.3 is 15.7 Å². The lowest BCUT2D eigenvalue weighted by Crippen LogP contribution is -2.36. The topological polar surface area (TPSA) is 49.5 Å². The van der Waals surface area contributed by atoms with Crippen molar-refractivity contribution in [2.24, 2.45) is 5.92 Å². The van der Waals surface area contributed by atoms with Crippen LogP contribution in [0.25, 0.3) is 0 Å². The van der Waals surface area contributed by atoms with Crippen LogP contribution in [0.5, 0.6) is 0 Å². The van der Waals surface area contributed by atoms with Crippen LogP contribution in [0, 0.1) is 5.92 Å². The van der Waals surface area contributed by atoms with Gasteiger partial charge in [-0.05, 0) is 43.5 Å². The highest BCUT2D eigenvalue weighted by Gasteiger charge is 2.27. The zero-order chi connectivity index (χ0) is 12.4. The van der Waals surface area contributed by atoms with E-state index < -0.39 is 0 Å². The van der Waals surface area contributed by atoms with Gasteiger partial charge in [0.25, 0.3) is 0 Å². The average molecular weight is 299 g/mol. The highest BCUT2D eigenvalue weighted by atomic mass is 79.9. The maximum absolute atomic E-state index is 9.25. The zero-order valence-corrected chi connectivity index (χ0v) is 11.7. The minimum absolute atomic E-state index is 0.0637. The molecule has 0 heterocycles. The van der Waals surface area contributed by atoms with Crippen LogP contribution >= 0.6 is 15.9 Å². The molecule has 1 aromatic rings. The van der Waals surface area contributed by atoms with E-state index in [1.165, 1.54) is 0 Å². The maximum Gasteiger partial charge on any atom is 0.0546 e. The fraction of sp³-hybridized carbons (Fsp3) is 0.538. The largest absolute Gasteiger partial charge is 0.398 e. The molecule has 1 aromatic carbocycles. The molecule has 0 saturated heterocycles. The lowest BCUT2D eigenvalue weighted by molar-refractivity contribution is 0.0274. The number of hydrogen-bond donors (Lipinski definition) is 2. The third-order valence-electron chi connectivity index (χ3n) is 3.33. The van der Waals surface area contributed by atoms with Crippen molar-refractivity contribution in [3.63, 3.8) is 0 Å². The Kier molecular flexibility index (Phi) is 4.07. The second-order valence-corrected chi connectivity index (χ2v) is 5.95. The molecule has 0 unspecified atom stereocenters. The summed E-state index contributed by atoms with van der Waals surface area (Å²) in [7, 11) is 2.10. The summed E-state index contributed by atoms with van der Waals surface area (Å²) in [6.07, 6.45) is 1.83. The lowest BCUT2D eigenvalue weighted by Gasteiger charge is -2.34. The first kappa shape index (κ1) is 12.9. The number of nitrogen functional groups attached to an aromatic ring is 1. The molecule has 2 rings (SSSR count). The summed E-state index contributed by atoms with van der Waals surface area (Å²) in [4.78, 5) is 2.27. The molecule has 0 spiro atoms. The molecule has 3 N–H and O–H groups in total. The van der Waals surface area contributed by atoms with Crippen LogP contribution in [0.3, 0.4) is 0 Å². The average Bonchev–Trinajstić information content (AvgIpc) is 2.20. The molecule has 0 bridgehead atoms. The standard InChI is InChI=1S/C13H19BrN2O/c1-16(7-9-4-12(17)5-9)8-10-2-3-11(14)6-13(10)15/h2-3,6,9,12,17H,4-5,7-8,15H2,1H3. The molecule has 0 amide bonds. The number of nitrogens with two attached hydrogens (primary N) is 1. The van der Waals surface area contributed by atoms with E-state index in [9.17, 15) is 5.11 Å². The predicted molar refractivity (Wildman–Crippen MR) is 73.6 cm³/mol. The third-order valence-corrected chi connectivity index (χ3v) is 3.82. The van der Waals surface area contributed by atoms with Gasteiger partial charge in [-0.2, -0.15) is 0 Å². The first-order valence-electron chi connectivity index (χ1n) is 5.95. The van der Waals surface area contributed by atoms with Crippen LogP contribution in [-0.2, 0) is 6.54 Å². The van der Waals surface area contributed by atoms with E-state index >= 15 is 0 Å². The number of nitrogens with zero attached hydrogens (tertiary/aromatic N) is 1. The van der Waals surface area contributed by atoms with Gasteiger partial charge in [-0.15, -0.1) is 0 Å². The Bertz CT molecular complexity index is 391. The zero-order valence-electron chi connectivity index (χ0n) is 10.1. The van der Waals surface area contributed by atoms with Crippen LogP contribution in [-0.4, -0.2) is 29.7 Å². The summed E-state index contributed by atoms with van der Waals surface area (Å²) in [5.41, 5.74) is 7.97. The van der Waals surface area contributed by atoms with Gasteiger partial charge in [-0.1, -0.05) is 22.0 Å². The molecule has 1 aliphatic rings. The van der Waals surface area contributed by atoms with E-state index in [1.54, 1.807) is 0 Å². The Morgan fingerprint density at radius 2 is 2.18 bits per heavy atom. The SMILES string of the molecule is CN(Cc1ccc(Br)cc1N)CC1CC(O)C1. The first-order valence-corrected chi connectivity index (χ1v) is 6.74. The van der Waals surface area contributed by atoms with Crippen LogP contribution in [0.1, 0.15) is 18.4 Å². The normalized spacial score (nSPS) is 23.8. The number of halogens is 1. The molecule has 1 aliphatic carbocycles. The number of aliphatic hydroxyl groups excluding tert-OH is 1. The minimum Gasteiger partial charge on any atom is -0.398 e. The van der Waals surface area contributed by atoms with Gasteiger partial charge in [-0.3, -0.25) is 0 Å². The molecule has 0 aliphatic heterocycles. The van der Waals surface area contributed by atoms with Crippen LogP contribution < -0.4 is 5.73 Å². The van der Waals surface area contributed by atoms with Gasteiger partial charge in [0.1, 0.15) is 0 Å². The Morgan fingerprint density at radius 3 is 2.76 bits per heavy atom. The van der Waals surface area contributed by atoms with E-state index in [2.05, 4.69) is 33.9 Å². The van der Waals surface area contributed by atoms with Gasteiger partial charge in [-0.25, -0.2) is 0 Å². The minimum atomic E-state index is -0.0637. The number of benzene rings is 1. The van der Waals surface area contributed by atoms with E-state index in [0.29, 0.717) is 5.92 Å². The Morgan fingerprint density at radius 1 is 1.47 bits per heavy atom. The van der Waals surface area contributed by atoms with Crippen LogP contribution in [0.4, 0.5) is 5.69 Å². The molecular formula is C13H19BrN2O. The Balaban J connectivity index is 1.87. The van der Waals surface area contributed by atoms with Crippen molar-refractivity contribution in [2.75, 3.05) is 19.3 Å². The summed E-state index contributed by atoms with van der Waals surface area (Å²) < 4.78 is 1.02. The van der Waals surface area contributed by atoms with E-state index in [0.717, 1.165) is 41.7 Å². The van der Waals surface area contributed by atoms with E-state index in [-0.39, 0.29) is 6.10 Å². The summed E-state index contributed by atoms with van der Waals surface area (Å²) in [5, 5.41) is 9.25. The third kappa shape index (κ3) is 3.44. The van der Waals surface area contributed by atoms with Gasteiger partial charge in [0, 0.05) is 23.2 Å². The van der Waals surface area contributed by atoms with Gasteiger partial charge in [0.15, 0.2) is 0 Å². The number of hydrogen-bond acceptors (Lipinski definition) is 3. The molecule has 17 heavy (non-hydrogen) atoms. The number of aliphatic hydroxyl groups is 1. The molecule has 3 nitrogen and oxygen atoms in total. The maximum atomic E-state index is 9.25. The van der Waals surface area contributed by atoms with Gasteiger partial charge in [0.2, 0.25) is 0 Å². The van der Waals surface area contributed by atoms with Crippen molar-refractivity contribution in [3.8, 4) is 0 Å². The van der Waals surface area contributed by atoms with Crippen LogP contribution in [0.2, 0.25) is 0 Å². The second-order valence-electron chi connectivity index (χ2n) is 5.03. The second kappa shape index (κ2) is 5.38. The summed E-state index contributed by atoms with van der Waals surface area (Å²) in [6, 6.07) is 6.02. The summed E-state index contributed by atoms with van der Waals surface area (Å²) >= 11 is 3.41. The molecule has 0 aromatic heterocycles. The molecule has 0 radical (unpaired) electrons.